The molecule has 1 heterocycles. The summed E-state index contributed by atoms with van der Waals surface area (Å²) in [6.07, 6.45) is 3.50. The Kier molecular flexibility index (Phi) is 3.35. The smallest absolute Gasteiger partial charge is 0.151 e. The van der Waals surface area contributed by atoms with Crippen molar-refractivity contribution < 1.29 is 0 Å². The van der Waals surface area contributed by atoms with Crippen molar-refractivity contribution >= 4 is 11.5 Å². The maximum atomic E-state index is 5.98. The molecule has 1 aromatic heterocycles. The SMILES string of the molecule is CCCC(N)n1ncc(N)c1N(C)C. The van der Waals surface area contributed by atoms with E-state index in [9.17, 15) is 0 Å². The van der Waals surface area contributed by atoms with E-state index in [0.29, 0.717) is 5.69 Å². The fraction of sp³-hybridized carbons (Fsp3) is 0.667. The molecule has 80 valence electrons. The van der Waals surface area contributed by atoms with Gasteiger partial charge in [-0.3, -0.25) is 0 Å². The lowest BCUT2D eigenvalue weighted by Gasteiger charge is -2.19. The van der Waals surface area contributed by atoms with E-state index >= 15 is 0 Å². The van der Waals surface area contributed by atoms with Crippen molar-refractivity contribution in [3.05, 3.63) is 6.20 Å². The summed E-state index contributed by atoms with van der Waals surface area (Å²) in [5.41, 5.74) is 12.4. The third-order valence-corrected chi connectivity index (χ3v) is 2.12. The normalized spacial score (nSPS) is 12.9. The van der Waals surface area contributed by atoms with Crippen molar-refractivity contribution in [1.82, 2.24) is 9.78 Å². The molecule has 0 saturated heterocycles. The molecule has 0 radical (unpaired) electrons. The summed E-state index contributed by atoms with van der Waals surface area (Å²) in [5.74, 6) is 0.881. The van der Waals surface area contributed by atoms with Gasteiger partial charge in [0.05, 0.1) is 11.9 Å². The van der Waals surface area contributed by atoms with Gasteiger partial charge in [0.1, 0.15) is 6.17 Å². The number of hydrogen-bond donors (Lipinski definition) is 2. The Morgan fingerprint density at radius 2 is 2.21 bits per heavy atom. The zero-order valence-corrected chi connectivity index (χ0v) is 9.07. The first-order chi connectivity index (χ1) is 6.57. The summed E-state index contributed by atoms with van der Waals surface area (Å²) in [6, 6.07) is 0. The van der Waals surface area contributed by atoms with Crippen LogP contribution in [0.3, 0.4) is 0 Å². The molecule has 5 nitrogen and oxygen atoms in total. The number of nitrogens with two attached hydrogens (primary N) is 2. The highest BCUT2D eigenvalue weighted by molar-refractivity contribution is 5.61. The molecule has 0 bridgehead atoms. The third kappa shape index (κ3) is 1.98. The largest absolute Gasteiger partial charge is 0.394 e. The summed E-state index contributed by atoms with van der Waals surface area (Å²) >= 11 is 0. The molecule has 1 rings (SSSR count). The maximum absolute atomic E-state index is 5.98. The first kappa shape index (κ1) is 10.8. The third-order valence-electron chi connectivity index (χ3n) is 2.12. The summed E-state index contributed by atoms with van der Waals surface area (Å²) < 4.78 is 1.78. The Bertz CT molecular complexity index is 291. The number of anilines is 2. The lowest BCUT2D eigenvalue weighted by atomic mass is 10.3. The number of aromatic nitrogens is 2. The van der Waals surface area contributed by atoms with Gasteiger partial charge in [0.25, 0.3) is 0 Å². The molecule has 0 amide bonds. The molecule has 0 aromatic carbocycles. The van der Waals surface area contributed by atoms with Crippen LogP contribution in [0.5, 0.6) is 0 Å². The molecule has 0 spiro atoms. The molecular weight excluding hydrogens is 178 g/mol. The van der Waals surface area contributed by atoms with Crippen LogP contribution in [0.4, 0.5) is 11.5 Å². The van der Waals surface area contributed by atoms with Crippen LogP contribution in [0.15, 0.2) is 6.20 Å². The van der Waals surface area contributed by atoms with Gasteiger partial charge in [-0.25, -0.2) is 4.68 Å². The van der Waals surface area contributed by atoms with Crippen LogP contribution in [0.1, 0.15) is 25.9 Å². The van der Waals surface area contributed by atoms with Gasteiger partial charge in [-0.2, -0.15) is 5.10 Å². The second-order valence-electron chi connectivity index (χ2n) is 3.62. The Morgan fingerprint density at radius 1 is 1.57 bits per heavy atom. The predicted octanol–water partition coefficient (Wildman–Crippen LogP) is 0.789. The second-order valence-corrected chi connectivity index (χ2v) is 3.62. The quantitative estimate of drug-likeness (QED) is 0.748. The number of nitrogen functional groups attached to an aromatic ring is 1. The molecular formula is C9H19N5. The van der Waals surface area contributed by atoms with Crippen LogP contribution < -0.4 is 16.4 Å². The van der Waals surface area contributed by atoms with Gasteiger partial charge in [0.15, 0.2) is 5.82 Å². The predicted molar refractivity (Wildman–Crippen MR) is 59.1 cm³/mol. The highest BCUT2D eigenvalue weighted by Crippen LogP contribution is 2.23. The average Bonchev–Trinajstić information content (AvgIpc) is 2.47. The molecule has 0 aliphatic carbocycles. The van der Waals surface area contributed by atoms with Crippen molar-refractivity contribution in [3.63, 3.8) is 0 Å². The number of hydrogen-bond acceptors (Lipinski definition) is 4. The Morgan fingerprint density at radius 3 is 2.71 bits per heavy atom. The average molecular weight is 197 g/mol. The van der Waals surface area contributed by atoms with Crippen LogP contribution in [0.2, 0.25) is 0 Å². The van der Waals surface area contributed by atoms with Gasteiger partial charge in [-0.1, -0.05) is 13.3 Å². The first-order valence-corrected chi connectivity index (χ1v) is 4.83. The Labute approximate surface area is 84.7 Å². The van der Waals surface area contributed by atoms with Gasteiger partial charge < -0.3 is 16.4 Å². The van der Waals surface area contributed by atoms with E-state index in [1.54, 1.807) is 10.9 Å². The summed E-state index contributed by atoms with van der Waals surface area (Å²) in [4.78, 5) is 1.93. The molecule has 14 heavy (non-hydrogen) atoms. The van der Waals surface area contributed by atoms with Crippen LogP contribution in [-0.4, -0.2) is 23.9 Å². The molecule has 1 aromatic rings. The minimum absolute atomic E-state index is 0.0882. The lowest BCUT2D eigenvalue weighted by Crippen LogP contribution is -2.24. The van der Waals surface area contributed by atoms with E-state index in [1.807, 2.05) is 19.0 Å². The fourth-order valence-corrected chi connectivity index (χ4v) is 1.49. The Hall–Kier alpha value is -1.23. The highest BCUT2D eigenvalue weighted by atomic mass is 15.4. The zero-order valence-electron chi connectivity index (χ0n) is 9.07. The molecule has 1 unspecified atom stereocenters. The van der Waals surface area contributed by atoms with Crippen LogP contribution in [-0.2, 0) is 0 Å². The minimum Gasteiger partial charge on any atom is -0.394 e. The molecule has 4 N–H and O–H groups in total. The molecule has 5 heteroatoms. The van der Waals surface area contributed by atoms with Gasteiger partial charge in [0, 0.05) is 14.1 Å². The van der Waals surface area contributed by atoms with E-state index < -0.39 is 0 Å². The van der Waals surface area contributed by atoms with Crippen molar-refractivity contribution in [2.75, 3.05) is 24.7 Å². The first-order valence-electron chi connectivity index (χ1n) is 4.83. The van der Waals surface area contributed by atoms with Gasteiger partial charge >= 0.3 is 0 Å². The van der Waals surface area contributed by atoms with E-state index in [1.165, 1.54) is 0 Å². The van der Waals surface area contributed by atoms with Gasteiger partial charge in [-0.05, 0) is 6.42 Å². The van der Waals surface area contributed by atoms with Crippen LogP contribution in [0, 0.1) is 0 Å². The van der Waals surface area contributed by atoms with Gasteiger partial charge in [0.2, 0.25) is 0 Å². The Balaban J connectivity index is 2.96. The van der Waals surface area contributed by atoms with Crippen molar-refractivity contribution in [3.8, 4) is 0 Å². The fourth-order valence-electron chi connectivity index (χ4n) is 1.49. The monoisotopic (exact) mass is 197 g/mol. The topological polar surface area (TPSA) is 73.1 Å². The van der Waals surface area contributed by atoms with Crippen molar-refractivity contribution in [2.45, 2.75) is 25.9 Å². The number of nitrogens with zero attached hydrogens (tertiary/aromatic N) is 3. The van der Waals surface area contributed by atoms with Crippen LogP contribution in [0.25, 0.3) is 0 Å². The maximum Gasteiger partial charge on any atom is 0.151 e. The summed E-state index contributed by atoms with van der Waals surface area (Å²) in [5, 5.41) is 4.18. The molecule has 0 saturated carbocycles. The van der Waals surface area contributed by atoms with E-state index in [-0.39, 0.29) is 6.17 Å². The molecule has 0 aliphatic rings. The van der Waals surface area contributed by atoms with Gasteiger partial charge in [-0.15, -0.1) is 0 Å². The molecule has 0 fully saturated rings. The summed E-state index contributed by atoms with van der Waals surface area (Å²) in [6.45, 7) is 2.10. The molecule has 0 aliphatic heterocycles. The standard InChI is InChI=1S/C9H19N5/c1-4-5-8(11)14-9(13(2)3)7(10)6-12-14/h6,8H,4-5,10-11H2,1-3H3. The lowest BCUT2D eigenvalue weighted by molar-refractivity contribution is 0.436. The van der Waals surface area contributed by atoms with Crippen molar-refractivity contribution in [1.29, 1.82) is 0 Å². The van der Waals surface area contributed by atoms with E-state index in [0.717, 1.165) is 18.7 Å². The van der Waals surface area contributed by atoms with E-state index in [2.05, 4.69) is 12.0 Å². The molecule has 1 atom stereocenters. The summed E-state index contributed by atoms with van der Waals surface area (Å²) in [7, 11) is 3.87. The van der Waals surface area contributed by atoms with E-state index in [4.69, 9.17) is 11.5 Å². The minimum atomic E-state index is -0.0882. The zero-order chi connectivity index (χ0) is 10.7. The highest BCUT2D eigenvalue weighted by Gasteiger charge is 2.14. The number of rotatable bonds is 4. The van der Waals surface area contributed by atoms with Crippen LogP contribution >= 0.6 is 0 Å². The second kappa shape index (κ2) is 4.32. The van der Waals surface area contributed by atoms with Crippen molar-refractivity contribution in [2.24, 2.45) is 5.73 Å².